The van der Waals surface area contributed by atoms with E-state index in [-0.39, 0.29) is 0 Å². The fraction of sp³-hybridized carbons (Fsp3) is 0.875. The molecule has 4 aliphatic rings. The molecule has 7 unspecified atom stereocenters. The van der Waals surface area contributed by atoms with Gasteiger partial charge in [0.1, 0.15) is 0 Å². The summed E-state index contributed by atoms with van der Waals surface area (Å²) in [5, 5.41) is 0. The van der Waals surface area contributed by atoms with E-state index in [0.717, 1.165) is 36.0 Å². The Labute approximate surface area is 121 Å². The van der Waals surface area contributed by atoms with E-state index in [1.165, 1.54) is 12.8 Å². The van der Waals surface area contributed by atoms with Gasteiger partial charge in [-0.05, 0) is 81.0 Å². The molecule has 0 aromatic rings. The van der Waals surface area contributed by atoms with Gasteiger partial charge in [0, 0.05) is 0 Å². The summed E-state index contributed by atoms with van der Waals surface area (Å²) >= 11 is 0. The van der Waals surface area contributed by atoms with Crippen LogP contribution < -0.4 is 0 Å². The topological polar surface area (TPSA) is 57.2 Å². The van der Waals surface area contributed by atoms with Crippen molar-refractivity contribution in [2.24, 2.45) is 41.4 Å². The number of hydrogen-bond donors (Lipinski definition) is 0. The highest BCUT2D eigenvalue weighted by molar-refractivity contribution is 7.87. The maximum atomic E-state index is 11.4. The quantitative estimate of drug-likeness (QED) is 0.457. The van der Waals surface area contributed by atoms with Gasteiger partial charge in [0.05, 0.1) is 14.9 Å². The molecule has 0 radical (unpaired) electrons. The third kappa shape index (κ3) is 1.64. The lowest BCUT2D eigenvalue weighted by molar-refractivity contribution is 0.137. The lowest BCUT2D eigenvalue weighted by Gasteiger charge is -2.40. The second-order valence-electron chi connectivity index (χ2n) is 8.18. The van der Waals surface area contributed by atoms with Gasteiger partial charge < -0.3 is 4.55 Å². The van der Waals surface area contributed by atoms with E-state index in [2.05, 4.69) is 12.2 Å². The van der Waals surface area contributed by atoms with Crippen LogP contribution in [-0.2, 0) is 10.1 Å². The first-order chi connectivity index (χ1) is 9.28. The molecule has 4 rings (SSSR count). The summed E-state index contributed by atoms with van der Waals surface area (Å²) in [5.74, 6) is 5.13. The van der Waals surface area contributed by atoms with Crippen LogP contribution in [0.4, 0.5) is 0 Å². The molecule has 7 atom stereocenters. The molecule has 4 aliphatic carbocycles. The first-order valence-electron chi connectivity index (χ1n) is 7.92. The summed E-state index contributed by atoms with van der Waals surface area (Å²) in [5.41, 5.74) is 0. The van der Waals surface area contributed by atoms with E-state index in [0.29, 0.717) is 18.3 Å². The molecular formula is C16H23O3S-. The third-order valence-electron chi connectivity index (χ3n) is 6.84. The maximum absolute atomic E-state index is 11.4. The SMILES string of the molecule is CC(C)(CC1CC2CC1C1C3C=CC(C3)C21)S(=O)(=O)[O-]. The maximum Gasteiger partial charge on any atom is 0.0999 e. The van der Waals surface area contributed by atoms with E-state index < -0.39 is 14.9 Å². The summed E-state index contributed by atoms with van der Waals surface area (Å²) < 4.78 is 33.2. The minimum absolute atomic E-state index is 0.452. The molecule has 4 bridgehead atoms. The van der Waals surface area contributed by atoms with Crippen molar-refractivity contribution in [2.45, 2.75) is 44.3 Å². The molecule has 0 aromatic heterocycles. The highest BCUT2D eigenvalue weighted by Gasteiger charge is 2.61. The molecule has 0 N–H and O–H groups in total. The van der Waals surface area contributed by atoms with Crippen molar-refractivity contribution >= 4 is 10.1 Å². The number of rotatable bonds is 3. The molecule has 0 aromatic carbocycles. The zero-order valence-electron chi connectivity index (χ0n) is 12.2. The Morgan fingerprint density at radius 3 is 2.40 bits per heavy atom. The van der Waals surface area contributed by atoms with Crippen molar-refractivity contribution in [3.8, 4) is 0 Å². The highest BCUT2D eigenvalue weighted by Crippen LogP contribution is 2.67. The summed E-state index contributed by atoms with van der Waals surface area (Å²) in [7, 11) is -4.20. The molecule has 4 heteroatoms. The van der Waals surface area contributed by atoms with Crippen LogP contribution in [0.25, 0.3) is 0 Å². The molecule has 0 aliphatic heterocycles. The standard InChI is InChI=1S/C16H24O3S/c1-16(2,20(17,18)19)8-12-6-11-7-13(12)15-10-4-3-9(5-10)14(11)15/h3-4,9-15H,5-8H2,1-2H3,(H,17,18,19)/p-1. The molecule has 0 spiro atoms. The molecule has 3 fully saturated rings. The minimum atomic E-state index is -4.20. The van der Waals surface area contributed by atoms with Crippen molar-refractivity contribution in [3.63, 3.8) is 0 Å². The normalized spacial score (nSPS) is 49.0. The number of fused-ring (bicyclic) bond motifs is 9. The van der Waals surface area contributed by atoms with Crippen molar-refractivity contribution in [3.05, 3.63) is 12.2 Å². The minimum Gasteiger partial charge on any atom is -0.748 e. The van der Waals surface area contributed by atoms with E-state index >= 15 is 0 Å². The predicted octanol–water partition coefficient (Wildman–Crippen LogP) is 2.79. The first kappa shape index (κ1) is 13.3. The van der Waals surface area contributed by atoms with E-state index in [1.807, 2.05) is 0 Å². The molecule has 112 valence electrons. The molecule has 20 heavy (non-hydrogen) atoms. The lowest BCUT2D eigenvalue weighted by Crippen LogP contribution is -2.38. The van der Waals surface area contributed by atoms with E-state index in [9.17, 15) is 13.0 Å². The van der Waals surface area contributed by atoms with E-state index in [4.69, 9.17) is 0 Å². The number of allylic oxidation sites excluding steroid dienone is 2. The van der Waals surface area contributed by atoms with Crippen LogP contribution in [0.5, 0.6) is 0 Å². The van der Waals surface area contributed by atoms with Crippen molar-refractivity contribution < 1.29 is 13.0 Å². The zero-order chi connectivity index (χ0) is 14.3. The van der Waals surface area contributed by atoms with E-state index in [1.54, 1.807) is 13.8 Å². The Morgan fingerprint density at radius 1 is 1.10 bits per heavy atom. The Kier molecular flexibility index (Phi) is 2.59. The van der Waals surface area contributed by atoms with Crippen molar-refractivity contribution in [1.29, 1.82) is 0 Å². The van der Waals surface area contributed by atoms with Crippen LogP contribution in [0.3, 0.4) is 0 Å². The molecule has 0 saturated heterocycles. The van der Waals surface area contributed by atoms with Crippen LogP contribution in [-0.4, -0.2) is 17.7 Å². The Morgan fingerprint density at radius 2 is 1.75 bits per heavy atom. The average molecular weight is 295 g/mol. The van der Waals surface area contributed by atoms with Crippen molar-refractivity contribution in [2.75, 3.05) is 0 Å². The fourth-order valence-corrected chi connectivity index (χ4v) is 6.54. The molecule has 0 amide bonds. The second-order valence-corrected chi connectivity index (χ2v) is 10.2. The predicted molar refractivity (Wildman–Crippen MR) is 75.8 cm³/mol. The Bertz CT molecular complexity index is 562. The third-order valence-corrected chi connectivity index (χ3v) is 8.36. The summed E-state index contributed by atoms with van der Waals surface area (Å²) in [4.78, 5) is 0. The summed E-state index contributed by atoms with van der Waals surface area (Å²) in [6.07, 6.45) is 9.15. The molecule has 3 saturated carbocycles. The van der Waals surface area contributed by atoms with Gasteiger partial charge in [-0.25, -0.2) is 8.42 Å². The van der Waals surface area contributed by atoms with Gasteiger partial charge in [-0.1, -0.05) is 12.2 Å². The van der Waals surface area contributed by atoms with Crippen LogP contribution in [0.15, 0.2) is 12.2 Å². The zero-order valence-corrected chi connectivity index (χ0v) is 13.0. The van der Waals surface area contributed by atoms with Crippen LogP contribution in [0, 0.1) is 41.4 Å². The average Bonchev–Trinajstić information content (AvgIpc) is 3.04. The highest BCUT2D eigenvalue weighted by atomic mass is 32.2. The van der Waals surface area contributed by atoms with Gasteiger partial charge in [-0.2, -0.15) is 0 Å². The fourth-order valence-electron chi connectivity index (χ4n) is 6.12. The summed E-state index contributed by atoms with van der Waals surface area (Å²) in [6, 6.07) is 0. The van der Waals surface area contributed by atoms with Crippen LogP contribution in [0.1, 0.15) is 39.5 Å². The van der Waals surface area contributed by atoms with Gasteiger partial charge >= 0.3 is 0 Å². The van der Waals surface area contributed by atoms with Crippen molar-refractivity contribution in [1.82, 2.24) is 0 Å². The van der Waals surface area contributed by atoms with Gasteiger partial charge in [0.25, 0.3) is 0 Å². The smallest absolute Gasteiger partial charge is 0.0999 e. The van der Waals surface area contributed by atoms with Gasteiger partial charge in [0.2, 0.25) is 0 Å². The molecule has 3 nitrogen and oxygen atoms in total. The van der Waals surface area contributed by atoms with Gasteiger partial charge in [-0.3, -0.25) is 0 Å². The summed E-state index contributed by atoms with van der Waals surface area (Å²) in [6.45, 7) is 3.22. The monoisotopic (exact) mass is 295 g/mol. The number of hydrogen-bond acceptors (Lipinski definition) is 3. The van der Waals surface area contributed by atoms with Gasteiger partial charge in [-0.15, -0.1) is 0 Å². The largest absolute Gasteiger partial charge is 0.748 e. The molecule has 0 heterocycles. The Balaban J connectivity index is 1.55. The van der Waals surface area contributed by atoms with Gasteiger partial charge in [0.15, 0.2) is 0 Å². The van der Waals surface area contributed by atoms with Crippen LogP contribution in [0.2, 0.25) is 0 Å². The lowest BCUT2D eigenvalue weighted by atomic mass is 9.68. The van der Waals surface area contributed by atoms with Crippen LogP contribution >= 0.6 is 0 Å². The first-order valence-corrected chi connectivity index (χ1v) is 9.32. The molecular weight excluding hydrogens is 272 g/mol. The Hall–Kier alpha value is -0.350. The second kappa shape index (κ2) is 3.89.